The number of ether oxygens (including phenoxy) is 1. The molecule has 0 bridgehead atoms. The zero-order valence-corrected chi connectivity index (χ0v) is 10.5. The van der Waals surface area contributed by atoms with Gasteiger partial charge in [-0.2, -0.15) is 5.26 Å². The molecule has 5 heteroatoms. The summed E-state index contributed by atoms with van der Waals surface area (Å²) in [5, 5.41) is 8.72. The van der Waals surface area contributed by atoms with Crippen LogP contribution in [0.2, 0.25) is 0 Å². The highest BCUT2D eigenvalue weighted by Gasteiger charge is 2.08. The molecule has 0 amide bonds. The third kappa shape index (κ3) is 2.27. The van der Waals surface area contributed by atoms with E-state index in [1.807, 2.05) is 12.1 Å². The van der Waals surface area contributed by atoms with Crippen molar-refractivity contribution in [1.82, 2.24) is 4.98 Å². The molecule has 3 rings (SSSR count). The molecule has 0 aliphatic carbocycles. The molecule has 0 atom stereocenters. The second-order valence-corrected chi connectivity index (χ2v) is 4.23. The number of hydrogen-bond donors (Lipinski definition) is 1. The molecular weight excluding hydrogens is 254 g/mol. The summed E-state index contributed by atoms with van der Waals surface area (Å²) in [6.45, 7) is 0.208. The summed E-state index contributed by atoms with van der Waals surface area (Å²) < 4.78 is 11.1. The van der Waals surface area contributed by atoms with Crippen LogP contribution in [0.15, 0.2) is 46.9 Å². The molecule has 2 aromatic carbocycles. The maximum atomic E-state index is 8.72. The van der Waals surface area contributed by atoms with Crippen LogP contribution < -0.4 is 10.5 Å². The van der Waals surface area contributed by atoms with Gasteiger partial charge in [0, 0.05) is 0 Å². The van der Waals surface area contributed by atoms with Crippen molar-refractivity contribution in [3.05, 3.63) is 53.9 Å². The van der Waals surface area contributed by atoms with Gasteiger partial charge < -0.3 is 14.9 Å². The number of nitriles is 1. The lowest BCUT2D eigenvalue weighted by Crippen LogP contribution is -1.95. The number of nitrogens with zero attached hydrogens (tertiary/aromatic N) is 2. The van der Waals surface area contributed by atoms with Crippen LogP contribution in [0.1, 0.15) is 11.5 Å². The van der Waals surface area contributed by atoms with Crippen LogP contribution in [0.3, 0.4) is 0 Å². The predicted molar refractivity (Wildman–Crippen MR) is 73.9 cm³/mol. The predicted octanol–water partition coefficient (Wildman–Crippen LogP) is 2.86. The molecule has 0 aliphatic rings. The summed E-state index contributed by atoms with van der Waals surface area (Å²) in [4.78, 5) is 4.29. The first-order chi connectivity index (χ1) is 9.76. The van der Waals surface area contributed by atoms with Crippen molar-refractivity contribution in [2.24, 2.45) is 0 Å². The number of aromatic nitrogens is 1. The molecule has 20 heavy (non-hydrogen) atoms. The number of para-hydroxylation sites is 1. The van der Waals surface area contributed by atoms with Gasteiger partial charge >= 0.3 is 0 Å². The quantitative estimate of drug-likeness (QED) is 0.736. The van der Waals surface area contributed by atoms with Crippen LogP contribution in [0, 0.1) is 11.3 Å². The number of hydrogen-bond acceptors (Lipinski definition) is 5. The summed E-state index contributed by atoms with van der Waals surface area (Å²) in [6.07, 6.45) is 0. The van der Waals surface area contributed by atoms with Gasteiger partial charge in [0.2, 0.25) is 5.89 Å². The van der Waals surface area contributed by atoms with E-state index >= 15 is 0 Å². The van der Waals surface area contributed by atoms with Crippen LogP contribution in [0.5, 0.6) is 5.75 Å². The summed E-state index contributed by atoms with van der Waals surface area (Å²) >= 11 is 0. The van der Waals surface area contributed by atoms with E-state index < -0.39 is 0 Å². The van der Waals surface area contributed by atoms with Gasteiger partial charge in [0.05, 0.1) is 17.3 Å². The number of anilines is 1. The summed E-state index contributed by atoms with van der Waals surface area (Å²) in [5.41, 5.74) is 8.27. The van der Waals surface area contributed by atoms with Crippen molar-refractivity contribution in [2.75, 3.05) is 5.73 Å². The van der Waals surface area contributed by atoms with Crippen molar-refractivity contribution in [3.8, 4) is 11.8 Å². The van der Waals surface area contributed by atoms with E-state index in [1.165, 1.54) is 0 Å². The summed E-state index contributed by atoms with van der Waals surface area (Å²) in [7, 11) is 0. The molecule has 5 nitrogen and oxygen atoms in total. The van der Waals surface area contributed by atoms with E-state index in [9.17, 15) is 0 Å². The molecular formula is C15H11N3O2. The maximum absolute atomic E-state index is 8.72. The maximum Gasteiger partial charge on any atom is 0.233 e. The third-order valence-corrected chi connectivity index (χ3v) is 2.84. The molecule has 98 valence electrons. The van der Waals surface area contributed by atoms with Gasteiger partial charge in [0.15, 0.2) is 12.2 Å². The molecule has 0 radical (unpaired) electrons. The van der Waals surface area contributed by atoms with Crippen molar-refractivity contribution < 1.29 is 9.15 Å². The molecule has 0 spiro atoms. The molecule has 0 unspecified atom stereocenters. The first kappa shape index (κ1) is 12.1. The Morgan fingerprint density at radius 2 is 2.00 bits per heavy atom. The van der Waals surface area contributed by atoms with Crippen molar-refractivity contribution in [2.45, 2.75) is 6.61 Å². The minimum absolute atomic E-state index is 0.208. The Morgan fingerprint density at radius 1 is 1.20 bits per heavy atom. The lowest BCUT2D eigenvalue weighted by Gasteiger charge is -2.02. The molecule has 0 saturated carbocycles. The van der Waals surface area contributed by atoms with Crippen molar-refractivity contribution >= 4 is 16.8 Å². The first-order valence-corrected chi connectivity index (χ1v) is 6.03. The van der Waals surface area contributed by atoms with Gasteiger partial charge in [0.1, 0.15) is 11.3 Å². The molecule has 0 aliphatic heterocycles. The first-order valence-electron chi connectivity index (χ1n) is 6.03. The molecule has 2 N–H and O–H groups in total. The number of benzene rings is 2. The van der Waals surface area contributed by atoms with E-state index in [0.717, 1.165) is 0 Å². The second kappa shape index (κ2) is 4.94. The van der Waals surface area contributed by atoms with E-state index in [1.54, 1.807) is 30.3 Å². The number of oxazole rings is 1. The van der Waals surface area contributed by atoms with E-state index in [-0.39, 0.29) is 6.61 Å². The number of nitrogen functional groups attached to an aromatic ring is 1. The highest BCUT2D eigenvalue weighted by Crippen LogP contribution is 2.22. The lowest BCUT2D eigenvalue weighted by molar-refractivity contribution is 0.267. The normalized spacial score (nSPS) is 10.3. The Bertz CT molecular complexity index is 785. The van der Waals surface area contributed by atoms with Crippen LogP contribution in [-0.2, 0) is 6.61 Å². The Kier molecular flexibility index (Phi) is 2.98. The molecule has 1 heterocycles. The average molecular weight is 265 g/mol. The summed E-state index contributed by atoms with van der Waals surface area (Å²) in [6, 6.07) is 14.3. The SMILES string of the molecule is N#Cc1ccc(OCc2nc3c(N)cccc3o2)cc1. The van der Waals surface area contributed by atoms with Crippen molar-refractivity contribution in [3.63, 3.8) is 0 Å². The molecule has 3 aromatic rings. The third-order valence-electron chi connectivity index (χ3n) is 2.84. The topological polar surface area (TPSA) is 85.1 Å². The van der Waals surface area contributed by atoms with Gasteiger partial charge in [-0.25, -0.2) is 4.98 Å². The summed E-state index contributed by atoms with van der Waals surface area (Å²) in [5.74, 6) is 1.11. The highest BCUT2D eigenvalue weighted by molar-refractivity contribution is 5.85. The number of fused-ring (bicyclic) bond motifs is 1. The zero-order valence-electron chi connectivity index (χ0n) is 10.5. The second-order valence-electron chi connectivity index (χ2n) is 4.23. The smallest absolute Gasteiger partial charge is 0.233 e. The van der Waals surface area contributed by atoms with Gasteiger partial charge in [-0.3, -0.25) is 0 Å². The van der Waals surface area contributed by atoms with Crippen LogP contribution >= 0.6 is 0 Å². The molecule has 0 saturated heterocycles. The fraction of sp³-hybridized carbons (Fsp3) is 0.0667. The number of nitrogens with two attached hydrogens (primary N) is 1. The molecule has 0 fully saturated rings. The van der Waals surface area contributed by atoms with Gasteiger partial charge in [-0.05, 0) is 36.4 Å². The van der Waals surface area contributed by atoms with Crippen LogP contribution in [0.4, 0.5) is 5.69 Å². The average Bonchev–Trinajstić information content (AvgIpc) is 2.90. The Labute approximate surface area is 115 Å². The minimum atomic E-state index is 0.208. The fourth-order valence-electron chi connectivity index (χ4n) is 1.85. The highest BCUT2D eigenvalue weighted by atomic mass is 16.5. The van der Waals surface area contributed by atoms with E-state index in [4.69, 9.17) is 20.1 Å². The standard InChI is InChI=1S/C15H11N3O2/c16-8-10-4-6-11(7-5-10)19-9-14-18-15-12(17)2-1-3-13(15)20-14/h1-7H,9,17H2. The lowest BCUT2D eigenvalue weighted by atomic mass is 10.2. The molecule has 1 aromatic heterocycles. The Balaban J connectivity index is 1.76. The number of rotatable bonds is 3. The Hall–Kier alpha value is -3.00. The Morgan fingerprint density at radius 3 is 2.70 bits per heavy atom. The van der Waals surface area contributed by atoms with Crippen LogP contribution in [0.25, 0.3) is 11.1 Å². The van der Waals surface area contributed by atoms with Gasteiger partial charge in [-0.1, -0.05) is 6.07 Å². The van der Waals surface area contributed by atoms with Gasteiger partial charge in [0.25, 0.3) is 0 Å². The van der Waals surface area contributed by atoms with Crippen molar-refractivity contribution in [1.29, 1.82) is 5.26 Å². The van der Waals surface area contributed by atoms with Crippen LogP contribution in [-0.4, -0.2) is 4.98 Å². The fourth-order valence-corrected chi connectivity index (χ4v) is 1.85. The largest absolute Gasteiger partial charge is 0.484 e. The minimum Gasteiger partial charge on any atom is -0.484 e. The van der Waals surface area contributed by atoms with E-state index in [2.05, 4.69) is 11.1 Å². The van der Waals surface area contributed by atoms with E-state index in [0.29, 0.717) is 34.0 Å². The zero-order chi connectivity index (χ0) is 13.9. The van der Waals surface area contributed by atoms with Gasteiger partial charge in [-0.15, -0.1) is 0 Å². The monoisotopic (exact) mass is 265 g/mol.